The first-order valence-electron chi connectivity index (χ1n) is 23.0. The minimum Gasteiger partial charge on any atom is -0.458 e. The molecule has 6 rings (SSSR count). The number of aliphatic hydroxyl groups is 1. The minimum absolute atomic E-state index is 0.0741. The molecule has 3 saturated heterocycles. The van der Waals surface area contributed by atoms with Crippen molar-refractivity contribution in [3.63, 3.8) is 0 Å². The largest absolute Gasteiger partial charge is 0.509 e. The van der Waals surface area contributed by atoms with Crippen LogP contribution < -0.4 is 0 Å². The summed E-state index contributed by atoms with van der Waals surface area (Å²) in [5, 5.41) is 17.1. The lowest BCUT2D eigenvalue weighted by atomic mass is 9.73. The third kappa shape index (κ3) is 11.5. The van der Waals surface area contributed by atoms with Crippen LogP contribution in [-0.4, -0.2) is 125 Å². The highest BCUT2D eigenvalue weighted by Gasteiger charge is 2.59. The zero-order chi connectivity index (χ0) is 47.9. The van der Waals surface area contributed by atoms with Crippen LogP contribution in [0.5, 0.6) is 0 Å². The number of ether oxygens (including phenoxy) is 7. The molecule has 0 spiro atoms. The number of hydrogen-bond acceptors (Lipinski definition) is 14. The SMILES string of the molecule is CC[C@H]1OC(=O)[C@H](C)[C@@H](OC/C=C/c2ccc(-n3ccnc3)cc2)[C@H](C)[C@@H](O[C@@H]2O[C@H](C)C[C@H](N(C)C)[C@H]2O)[C@](C)(OC)C[C@@H](C)/C(=N\OCc2ccccc2Cl)[C@H](C)[C@H]2OC(=O)O[C@@]21C. The van der Waals surface area contributed by atoms with Gasteiger partial charge in [0.15, 0.2) is 18.0 Å². The molecule has 3 aliphatic rings. The van der Waals surface area contributed by atoms with Gasteiger partial charge in [-0.15, -0.1) is 0 Å². The van der Waals surface area contributed by atoms with Gasteiger partial charge in [-0.2, -0.15) is 0 Å². The van der Waals surface area contributed by atoms with E-state index in [9.17, 15) is 14.7 Å². The molecule has 3 aromatic rings. The summed E-state index contributed by atoms with van der Waals surface area (Å²) < 4.78 is 47.0. The maximum atomic E-state index is 14.6. The fourth-order valence-electron chi connectivity index (χ4n) is 9.98. The Labute approximate surface area is 394 Å². The van der Waals surface area contributed by atoms with Gasteiger partial charge in [-0.3, -0.25) is 4.79 Å². The van der Waals surface area contributed by atoms with E-state index in [1.807, 2.05) is 126 Å². The molecule has 0 bridgehead atoms. The lowest BCUT2D eigenvalue weighted by Crippen LogP contribution is -2.60. The van der Waals surface area contributed by atoms with E-state index in [2.05, 4.69) is 4.98 Å². The maximum Gasteiger partial charge on any atom is 0.509 e. The Morgan fingerprint density at radius 2 is 1.76 bits per heavy atom. The number of fused-ring (bicyclic) bond motifs is 1. The molecular weight excluding hydrogens is 868 g/mol. The van der Waals surface area contributed by atoms with Crippen LogP contribution in [0, 0.1) is 23.7 Å². The van der Waals surface area contributed by atoms with Crippen LogP contribution in [0.2, 0.25) is 5.02 Å². The highest BCUT2D eigenvalue weighted by Crippen LogP contribution is 2.43. The summed E-state index contributed by atoms with van der Waals surface area (Å²) in [5.41, 5.74) is 0.652. The zero-order valence-corrected chi connectivity index (χ0v) is 40.9. The van der Waals surface area contributed by atoms with E-state index in [4.69, 9.17) is 54.8 Å². The summed E-state index contributed by atoms with van der Waals surface area (Å²) in [6.07, 6.45) is 3.67. The van der Waals surface area contributed by atoms with Crippen molar-refractivity contribution in [1.29, 1.82) is 0 Å². The standard InChI is InChI=1S/C50H69ClN4O11/c1-12-40-50(8)45(65-48(58)66-50)32(4)41(53-61-28-36-17-13-14-18-38(36)51)30(2)27-49(7,59-11)44(64-47-42(56)39(54(9)10)26-31(3)62-47)33(5)43(34(6)46(57)63-40)60-25-15-16-35-19-21-37(22-20-35)55-24-23-52-29-55/h13-24,29-34,39-40,42-45,47,56H,12,25-28H2,1-11H3/b16-15+,53-41+/t30-,31-,32+,33+,34-,39+,40-,42-,43+,44-,45-,47+,49-,50-/m1/s1. The quantitative estimate of drug-likeness (QED) is 0.129. The molecule has 1 aromatic heterocycles. The van der Waals surface area contributed by atoms with Crippen molar-refractivity contribution in [2.45, 2.75) is 141 Å². The third-order valence-electron chi connectivity index (χ3n) is 13.7. The van der Waals surface area contributed by atoms with Crippen LogP contribution in [0.4, 0.5) is 4.79 Å². The average Bonchev–Trinajstić information content (AvgIpc) is 3.94. The second-order valence-corrected chi connectivity index (χ2v) is 19.1. The van der Waals surface area contributed by atoms with Gasteiger partial charge in [0.25, 0.3) is 0 Å². The number of esters is 1. The Kier molecular flexibility index (Phi) is 17.2. The number of cyclic esters (lactones) is 1. The van der Waals surface area contributed by atoms with Crippen molar-refractivity contribution in [3.8, 4) is 5.69 Å². The number of oxime groups is 1. The number of hydrogen-bond donors (Lipinski definition) is 1. The van der Waals surface area contributed by atoms with Gasteiger partial charge in [-0.25, -0.2) is 9.78 Å². The molecule has 14 atom stereocenters. The van der Waals surface area contributed by atoms with Gasteiger partial charge in [0.05, 0.1) is 48.5 Å². The fourth-order valence-corrected chi connectivity index (χ4v) is 10.2. The number of imidazole rings is 1. The van der Waals surface area contributed by atoms with Crippen molar-refractivity contribution >= 4 is 35.5 Å². The van der Waals surface area contributed by atoms with E-state index in [-0.39, 0.29) is 25.4 Å². The van der Waals surface area contributed by atoms with Crippen molar-refractivity contribution in [2.24, 2.45) is 28.8 Å². The number of halogens is 1. The van der Waals surface area contributed by atoms with Gasteiger partial charge in [0.1, 0.15) is 18.8 Å². The fraction of sp³-hybridized carbons (Fsp3) is 0.600. The van der Waals surface area contributed by atoms with E-state index in [0.29, 0.717) is 30.0 Å². The van der Waals surface area contributed by atoms with Gasteiger partial charge in [-0.1, -0.05) is 86.9 Å². The highest BCUT2D eigenvalue weighted by atomic mass is 35.5. The van der Waals surface area contributed by atoms with Gasteiger partial charge in [0, 0.05) is 59.6 Å². The second-order valence-electron chi connectivity index (χ2n) is 18.7. The lowest BCUT2D eigenvalue weighted by Gasteiger charge is -2.48. The van der Waals surface area contributed by atoms with E-state index in [1.54, 1.807) is 39.5 Å². The molecule has 66 heavy (non-hydrogen) atoms. The minimum atomic E-state index is -1.41. The summed E-state index contributed by atoms with van der Waals surface area (Å²) in [6, 6.07) is 15.1. The monoisotopic (exact) mass is 936 g/mol. The van der Waals surface area contributed by atoms with Crippen molar-refractivity contribution < 1.29 is 52.7 Å². The number of carbonyl (C=O) groups is 2. The molecule has 15 nitrogen and oxygen atoms in total. The van der Waals surface area contributed by atoms with Crippen LogP contribution in [0.1, 0.15) is 85.8 Å². The highest BCUT2D eigenvalue weighted by molar-refractivity contribution is 6.31. The first-order chi connectivity index (χ1) is 31.4. The van der Waals surface area contributed by atoms with E-state index in [1.165, 1.54) is 0 Å². The topological polar surface area (TPSA) is 162 Å². The Hall–Kier alpha value is -4.35. The number of carbonyl (C=O) groups excluding carboxylic acids is 2. The summed E-state index contributed by atoms with van der Waals surface area (Å²) in [6.45, 7) is 15.3. The summed E-state index contributed by atoms with van der Waals surface area (Å²) in [4.78, 5) is 40.0. The second kappa shape index (κ2) is 22.2. The summed E-state index contributed by atoms with van der Waals surface area (Å²) in [7, 11) is 5.45. The number of benzene rings is 2. The molecule has 2 aromatic carbocycles. The predicted molar refractivity (Wildman–Crippen MR) is 250 cm³/mol. The number of methoxy groups -OCH3 is 1. The first-order valence-corrected chi connectivity index (χ1v) is 23.4. The van der Waals surface area contributed by atoms with Crippen molar-refractivity contribution in [2.75, 3.05) is 27.8 Å². The molecule has 0 saturated carbocycles. The van der Waals surface area contributed by atoms with Gasteiger partial charge in [0.2, 0.25) is 0 Å². The van der Waals surface area contributed by atoms with Crippen LogP contribution in [0.3, 0.4) is 0 Å². The molecule has 3 aliphatic heterocycles. The molecular formula is C50H69ClN4O11. The van der Waals surface area contributed by atoms with Crippen molar-refractivity contribution in [3.05, 3.63) is 89.5 Å². The predicted octanol–water partition coefficient (Wildman–Crippen LogP) is 8.28. The summed E-state index contributed by atoms with van der Waals surface area (Å²) in [5.74, 6) is -3.04. The number of nitrogens with zero attached hydrogens (tertiary/aromatic N) is 4. The van der Waals surface area contributed by atoms with Gasteiger partial charge in [-0.05, 0) is 84.8 Å². The molecule has 362 valence electrons. The van der Waals surface area contributed by atoms with E-state index >= 15 is 0 Å². The Morgan fingerprint density at radius 3 is 2.41 bits per heavy atom. The first kappa shape index (κ1) is 51.0. The molecule has 3 fully saturated rings. The van der Waals surface area contributed by atoms with Gasteiger partial charge >= 0.3 is 12.1 Å². The van der Waals surface area contributed by atoms with Crippen LogP contribution in [0.25, 0.3) is 11.8 Å². The van der Waals surface area contributed by atoms with E-state index < -0.39 is 83.8 Å². The summed E-state index contributed by atoms with van der Waals surface area (Å²) >= 11 is 6.51. The number of rotatable bonds is 13. The van der Waals surface area contributed by atoms with Crippen LogP contribution >= 0.6 is 11.6 Å². The zero-order valence-electron chi connectivity index (χ0n) is 40.2. The Morgan fingerprint density at radius 1 is 1.03 bits per heavy atom. The molecule has 4 heterocycles. The average molecular weight is 938 g/mol. The molecule has 0 radical (unpaired) electrons. The van der Waals surface area contributed by atoms with Gasteiger partial charge < -0.3 is 52.6 Å². The Bertz CT molecular complexity index is 2120. The molecule has 0 unspecified atom stereocenters. The number of aliphatic hydroxyl groups excluding tert-OH is 1. The van der Waals surface area contributed by atoms with E-state index in [0.717, 1.165) is 16.8 Å². The smallest absolute Gasteiger partial charge is 0.458 e. The van der Waals surface area contributed by atoms with Crippen LogP contribution in [0.15, 0.2) is 78.5 Å². The number of aromatic nitrogens is 2. The number of likely N-dealkylation sites (N-methyl/N-ethyl adjacent to an activating group) is 1. The third-order valence-corrected chi connectivity index (χ3v) is 14.1. The molecule has 0 aliphatic carbocycles. The maximum absolute atomic E-state index is 14.6. The van der Waals surface area contributed by atoms with Crippen LogP contribution in [-0.2, 0) is 49.4 Å². The molecule has 1 N–H and O–H groups in total. The normalized spacial score (nSPS) is 35.3. The molecule has 0 amide bonds. The molecule has 16 heteroatoms. The Balaban J connectivity index is 1.41. The van der Waals surface area contributed by atoms with Crippen molar-refractivity contribution in [1.82, 2.24) is 14.5 Å². The lowest BCUT2D eigenvalue weighted by molar-refractivity contribution is -0.302.